The molecule has 0 fully saturated rings. The molecule has 1 aromatic heterocycles. The van der Waals surface area contributed by atoms with E-state index in [9.17, 15) is 4.79 Å². The summed E-state index contributed by atoms with van der Waals surface area (Å²) in [6, 6.07) is 9.41. The Hall–Kier alpha value is -2.17. The van der Waals surface area contributed by atoms with Crippen LogP contribution in [0, 0.1) is 11.3 Å². The number of carbonyl (C=O) groups is 1. The summed E-state index contributed by atoms with van der Waals surface area (Å²) < 4.78 is 0.729. The molecule has 6 nitrogen and oxygen atoms in total. The van der Waals surface area contributed by atoms with Gasteiger partial charge in [-0.1, -0.05) is 26.0 Å². The second kappa shape index (κ2) is 8.97. The molecule has 0 aliphatic carbocycles. The Balaban J connectivity index is 2.25. The number of H-pyrrole nitrogens is 1. The SMILES string of the molecule is CC(C)c1[nH]nc(C(=O)N(CCN(C)C)Cc2ccc(C#N)cc2)c1Br. The van der Waals surface area contributed by atoms with Gasteiger partial charge in [-0.3, -0.25) is 9.89 Å². The second-order valence-electron chi connectivity index (χ2n) is 6.79. The largest absolute Gasteiger partial charge is 0.332 e. The Bertz CT molecular complexity index is 789. The Morgan fingerprint density at radius 1 is 1.27 bits per heavy atom. The van der Waals surface area contributed by atoms with E-state index in [-0.39, 0.29) is 11.8 Å². The number of likely N-dealkylation sites (N-methyl/N-ethyl adjacent to an activating group) is 1. The topological polar surface area (TPSA) is 76.0 Å². The quantitative estimate of drug-likeness (QED) is 0.748. The minimum atomic E-state index is -0.119. The molecule has 0 radical (unpaired) electrons. The number of nitrogens with one attached hydrogen (secondary N) is 1. The summed E-state index contributed by atoms with van der Waals surface area (Å²) in [5, 5.41) is 16.1. The van der Waals surface area contributed by atoms with Crippen LogP contribution in [0.15, 0.2) is 28.7 Å². The average Bonchev–Trinajstić information content (AvgIpc) is 3.00. The zero-order valence-corrected chi connectivity index (χ0v) is 17.2. The lowest BCUT2D eigenvalue weighted by atomic mass is 10.1. The fraction of sp³-hybridized carbons (Fsp3) is 0.421. The molecule has 0 atom stereocenters. The van der Waals surface area contributed by atoms with Gasteiger partial charge in [-0.15, -0.1) is 0 Å². The fourth-order valence-electron chi connectivity index (χ4n) is 2.49. The van der Waals surface area contributed by atoms with Crippen LogP contribution in [-0.4, -0.2) is 53.1 Å². The van der Waals surface area contributed by atoms with Gasteiger partial charge in [0.15, 0.2) is 5.69 Å². The summed E-state index contributed by atoms with van der Waals surface area (Å²) >= 11 is 3.52. The minimum absolute atomic E-state index is 0.119. The zero-order valence-electron chi connectivity index (χ0n) is 15.6. The van der Waals surface area contributed by atoms with Crippen LogP contribution in [0.3, 0.4) is 0 Å². The number of nitriles is 1. The number of aromatic nitrogens is 2. The molecule has 1 heterocycles. The minimum Gasteiger partial charge on any atom is -0.332 e. The Kier molecular flexibility index (Phi) is 6.95. The van der Waals surface area contributed by atoms with Crippen LogP contribution in [0.4, 0.5) is 0 Å². The van der Waals surface area contributed by atoms with E-state index in [0.717, 1.165) is 22.3 Å². The third kappa shape index (κ3) is 4.93. The van der Waals surface area contributed by atoms with Crippen LogP contribution in [0.1, 0.15) is 47.1 Å². The van der Waals surface area contributed by atoms with E-state index in [0.29, 0.717) is 24.3 Å². The van der Waals surface area contributed by atoms with E-state index in [2.05, 4.69) is 32.2 Å². The number of benzene rings is 1. The van der Waals surface area contributed by atoms with Crippen LogP contribution in [0.25, 0.3) is 0 Å². The molecule has 2 rings (SSSR count). The highest BCUT2D eigenvalue weighted by atomic mass is 79.9. The van der Waals surface area contributed by atoms with Gasteiger partial charge >= 0.3 is 0 Å². The van der Waals surface area contributed by atoms with E-state index >= 15 is 0 Å². The average molecular weight is 418 g/mol. The van der Waals surface area contributed by atoms with Crippen LogP contribution in [0.5, 0.6) is 0 Å². The van der Waals surface area contributed by atoms with Crippen molar-refractivity contribution in [1.29, 1.82) is 5.26 Å². The highest BCUT2D eigenvalue weighted by molar-refractivity contribution is 9.10. The molecule has 0 saturated heterocycles. The first kappa shape index (κ1) is 20.1. The molecule has 138 valence electrons. The summed E-state index contributed by atoms with van der Waals surface area (Å²) in [6.07, 6.45) is 0. The molecule has 7 heteroatoms. The van der Waals surface area contributed by atoms with Crippen molar-refractivity contribution >= 4 is 21.8 Å². The van der Waals surface area contributed by atoms with E-state index in [1.54, 1.807) is 17.0 Å². The van der Waals surface area contributed by atoms with Gasteiger partial charge in [0.05, 0.1) is 21.8 Å². The first-order valence-corrected chi connectivity index (χ1v) is 9.29. The number of amides is 1. The summed E-state index contributed by atoms with van der Waals surface area (Å²) in [4.78, 5) is 16.9. The molecular weight excluding hydrogens is 394 g/mol. The second-order valence-corrected chi connectivity index (χ2v) is 7.59. The molecule has 26 heavy (non-hydrogen) atoms. The van der Waals surface area contributed by atoms with Gasteiger partial charge in [0.25, 0.3) is 5.91 Å². The zero-order chi connectivity index (χ0) is 19.3. The number of hydrogen-bond donors (Lipinski definition) is 1. The number of aromatic amines is 1. The van der Waals surface area contributed by atoms with E-state index in [4.69, 9.17) is 5.26 Å². The van der Waals surface area contributed by atoms with Gasteiger partial charge in [0, 0.05) is 19.6 Å². The maximum atomic E-state index is 13.1. The van der Waals surface area contributed by atoms with Crippen molar-refractivity contribution in [2.45, 2.75) is 26.3 Å². The molecule has 0 bridgehead atoms. The van der Waals surface area contributed by atoms with E-state index < -0.39 is 0 Å². The van der Waals surface area contributed by atoms with E-state index in [1.807, 2.05) is 45.0 Å². The molecule has 0 aliphatic rings. The van der Waals surface area contributed by atoms with Gasteiger partial charge < -0.3 is 9.80 Å². The predicted octanol–water partition coefficient (Wildman–Crippen LogP) is 3.37. The van der Waals surface area contributed by atoms with Crippen molar-refractivity contribution in [3.63, 3.8) is 0 Å². The number of nitrogens with zero attached hydrogens (tertiary/aromatic N) is 4. The Labute approximate surface area is 162 Å². The number of hydrogen-bond acceptors (Lipinski definition) is 4. The van der Waals surface area contributed by atoms with Crippen LogP contribution < -0.4 is 0 Å². The standard InChI is InChI=1S/C19H24BrN5O/c1-13(2)17-16(20)18(23-22-17)19(26)25(10-9-24(3)4)12-15-7-5-14(11-21)6-8-15/h5-8,13H,9-10,12H2,1-4H3,(H,22,23). The van der Waals surface area contributed by atoms with Gasteiger partial charge in [-0.2, -0.15) is 10.4 Å². The molecule has 1 N–H and O–H groups in total. The lowest BCUT2D eigenvalue weighted by Gasteiger charge is -2.24. The third-order valence-electron chi connectivity index (χ3n) is 4.07. The van der Waals surface area contributed by atoms with Gasteiger partial charge in [0.1, 0.15) is 0 Å². The predicted molar refractivity (Wildman–Crippen MR) is 105 cm³/mol. The number of carbonyl (C=O) groups excluding carboxylic acids is 1. The molecule has 0 saturated carbocycles. The van der Waals surface area contributed by atoms with Crippen molar-refractivity contribution in [2.75, 3.05) is 27.2 Å². The highest BCUT2D eigenvalue weighted by Crippen LogP contribution is 2.26. The third-order valence-corrected chi connectivity index (χ3v) is 4.88. The van der Waals surface area contributed by atoms with E-state index in [1.165, 1.54) is 0 Å². The van der Waals surface area contributed by atoms with Gasteiger partial charge in [-0.05, 0) is 53.6 Å². The molecule has 1 aromatic carbocycles. The Morgan fingerprint density at radius 2 is 1.92 bits per heavy atom. The van der Waals surface area contributed by atoms with Crippen molar-refractivity contribution in [3.8, 4) is 6.07 Å². The Morgan fingerprint density at radius 3 is 2.42 bits per heavy atom. The van der Waals surface area contributed by atoms with Crippen molar-refractivity contribution < 1.29 is 4.79 Å². The monoisotopic (exact) mass is 417 g/mol. The summed E-state index contributed by atoms with van der Waals surface area (Å²) in [6.45, 7) is 5.90. The molecule has 0 unspecified atom stereocenters. The molecule has 2 aromatic rings. The summed E-state index contributed by atoms with van der Waals surface area (Å²) in [7, 11) is 3.96. The van der Waals surface area contributed by atoms with Gasteiger partial charge in [-0.25, -0.2) is 0 Å². The lowest BCUT2D eigenvalue weighted by molar-refractivity contribution is 0.0725. The summed E-state index contributed by atoms with van der Waals surface area (Å²) in [5.74, 6) is 0.124. The molecule has 0 spiro atoms. The fourth-order valence-corrected chi connectivity index (χ4v) is 3.30. The number of halogens is 1. The van der Waals surface area contributed by atoms with Crippen LogP contribution in [-0.2, 0) is 6.54 Å². The van der Waals surface area contributed by atoms with Crippen LogP contribution >= 0.6 is 15.9 Å². The van der Waals surface area contributed by atoms with Crippen molar-refractivity contribution in [2.24, 2.45) is 0 Å². The van der Waals surface area contributed by atoms with Gasteiger partial charge in [0.2, 0.25) is 0 Å². The first-order chi connectivity index (χ1) is 12.3. The molecular formula is C19H24BrN5O. The lowest BCUT2D eigenvalue weighted by Crippen LogP contribution is -2.36. The normalized spacial score (nSPS) is 11.0. The maximum Gasteiger partial charge on any atom is 0.275 e. The molecule has 1 amide bonds. The van der Waals surface area contributed by atoms with Crippen molar-refractivity contribution in [3.05, 3.63) is 51.3 Å². The van der Waals surface area contributed by atoms with Crippen LogP contribution in [0.2, 0.25) is 0 Å². The highest BCUT2D eigenvalue weighted by Gasteiger charge is 2.24. The first-order valence-electron chi connectivity index (χ1n) is 8.50. The van der Waals surface area contributed by atoms with Crippen molar-refractivity contribution in [1.82, 2.24) is 20.0 Å². The smallest absolute Gasteiger partial charge is 0.275 e. The molecule has 0 aliphatic heterocycles. The number of rotatable bonds is 7. The maximum absolute atomic E-state index is 13.1. The summed E-state index contributed by atoms with van der Waals surface area (Å²) in [5.41, 5.74) is 2.91.